The van der Waals surface area contributed by atoms with E-state index in [-0.39, 0.29) is 11.8 Å². The number of anilines is 2. The normalized spacial score (nSPS) is 18.4. The molecule has 1 unspecified atom stereocenters. The lowest BCUT2D eigenvalue weighted by Crippen LogP contribution is -2.41. The summed E-state index contributed by atoms with van der Waals surface area (Å²) in [5, 5.41) is 4.14. The Labute approximate surface area is 179 Å². The standard InChI is InChI=1S/C22H24N4O3S/c1-2-16-11-17-20(23-13-24-22(17)30-16)26-7-3-4-14(12-26)21(27)25-15-5-6-18-19(10-15)29-9-8-28-18/h5-6,10-11,13-14H,2-4,7-9,12H2,1H3,(H,25,27). The summed E-state index contributed by atoms with van der Waals surface area (Å²) in [6.45, 7) is 4.78. The molecule has 0 radical (unpaired) electrons. The van der Waals surface area contributed by atoms with Gasteiger partial charge in [0.25, 0.3) is 0 Å². The van der Waals surface area contributed by atoms with Gasteiger partial charge >= 0.3 is 0 Å². The summed E-state index contributed by atoms with van der Waals surface area (Å²) in [4.78, 5) is 26.5. The van der Waals surface area contributed by atoms with Gasteiger partial charge in [0.15, 0.2) is 11.5 Å². The number of benzene rings is 1. The van der Waals surface area contributed by atoms with Gasteiger partial charge in [-0.15, -0.1) is 11.3 Å². The SMILES string of the molecule is CCc1cc2c(N3CCCC(C(=O)Nc4ccc5c(c4)OCCO5)C3)ncnc2s1. The lowest BCUT2D eigenvalue weighted by Gasteiger charge is -2.33. The molecule has 2 aromatic heterocycles. The summed E-state index contributed by atoms with van der Waals surface area (Å²) in [6, 6.07) is 7.72. The Balaban J connectivity index is 1.32. The molecule has 2 aliphatic rings. The number of carbonyl (C=O) groups excluding carboxylic acids is 1. The lowest BCUT2D eigenvalue weighted by molar-refractivity contribution is -0.120. The summed E-state index contributed by atoms with van der Waals surface area (Å²) in [7, 11) is 0. The van der Waals surface area contributed by atoms with Gasteiger partial charge in [-0.1, -0.05) is 6.92 Å². The minimum Gasteiger partial charge on any atom is -0.486 e. The highest BCUT2D eigenvalue weighted by molar-refractivity contribution is 7.18. The summed E-state index contributed by atoms with van der Waals surface area (Å²) in [5.74, 6) is 2.27. The summed E-state index contributed by atoms with van der Waals surface area (Å²) >= 11 is 1.72. The van der Waals surface area contributed by atoms with Gasteiger partial charge in [0, 0.05) is 29.7 Å². The molecule has 156 valence electrons. The fourth-order valence-electron chi connectivity index (χ4n) is 4.07. The van der Waals surface area contributed by atoms with Crippen molar-refractivity contribution >= 4 is 39.0 Å². The number of nitrogens with one attached hydrogen (secondary N) is 1. The summed E-state index contributed by atoms with van der Waals surface area (Å²) in [6.07, 6.45) is 4.44. The van der Waals surface area contributed by atoms with Crippen LogP contribution in [0.3, 0.4) is 0 Å². The van der Waals surface area contributed by atoms with Crippen LogP contribution in [0.5, 0.6) is 11.5 Å². The molecule has 0 spiro atoms. The third-order valence-electron chi connectivity index (χ3n) is 5.61. The number of ether oxygens (including phenoxy) is 2. The first-order chi connectivity index (χ1) is 14.7. The predicted octanol–water partition coefficient (Wildman–Crippen LogP) is 3.88. The number of hydrogen-bond acceptors (Lipinski definition) is 7. The zero-order valence-electron chi connectivity index (χ0n) is 16.9. The van der Waals surface area contributed by atoms with Gasteiger partial charge in [-0.05, 0) is 37.5 Å². The Morgan fingerprint density at radius 2 is 2.10 bits per heavy atom. The number of amides is 1. The van der Waals surface area contributed by atoms with E-state index in [1.165, 1.54) is 4.88 Å². The van der Waals surface area contributed by atoms with Crippen molar-refractivity contribution < 1.29 is 14.3 Å². The first kappa shape index (κ1) is 19.1. The fourth-order valence-corrected chi connectivity index (χ4v) is 5.00. The van der Waals surface area contributed by atoms with Gasteiger partial charge in [0.1, 0.15) is 30.2 Å². The van der Waals surface area contributed by atoms with Crippen LogP contribution >= 0.6 is 11.3 Å². The average Bonchev–Trinajstić information content (AvgIpc) is 3.22. The van der Waals surface area contributed by atoms with Crippen molar-refractivity contribution in [3.8, 4) is 11.5 Å². The third-order valence-corrected chi connectivity index (χ3v) is 6.80. The summed E-state index contributed by atoms with van der Waals surface area (Å²) in [5.41, 5.74) is 0.733. The Kier molecular flexibility index (Phi) is 5.16. The second kappa shape index (κ2) is 8.10. The van der Waals surface area contributed by atoms with Crippen LogP contribution in [-0.4, -0.2) is 42.2 Å². The van der Waals surface area contributed by atoms with E-state index in [0.717, 1.165) is 53.3 Å². The van der Waals surface area contributed by atoms with Crippen LogP contribution in [0.4, 0.5) is 11.5 Å². The Morgan fingerprint density at radius 3 is 2.97 bits per heavy atom. The van der Waals surface area contributed by atoms with Crippen LogP contribution in [0.25, 0.3) is 10.2 Å². The van der Waals surface area contributed by atoms with Gasteiger partial charge < -0.3 is 19.7 Å². The number of hydrogen-bond donors (Lipinski definition) is 1. The highest BCUT2D eigenvalue weighted by atomic mass is 32.1. The van der Waals surface area contributed by atoms with Gasteiger partial charge in [0.05, 0.1) is 11.3 Å². The van der Waals surface area contributed by atoms with Crippen LogP contribution in [0.15, 0.2) is 30.6 Å². The van der Waals surface area contributed by atoms with Gasteiger partial charge in [-0.2, -0.15) is 0 Å². The number of nitrogens with zero attached hydrogens (tertiary/aromatic N) is 3. The first-order valence-corrected chi connectivity index (χ1v) is 11.2. The molecule has 7 nitrogen and oxygen atoms in total. The fraction of sp³-hybridized carbons (Fsp3) is 0.409. The smallest absolute Gasteiger partial charge is 0.229 e. The molecule has 30 heavy (non-hydrogen) atoms. The molecule has 1 atom stereocenters. The van der Waals surface area contributed by atoms with E-state index in [4.69, 9.17) is 9.47 Å². The van der Waals surface area contributed by atoms with Crippen LogP contribution < -0.4 is 19.7 Å². The average molecular weight is 425 g/mol. The van der Waals surface area contributed by atoms with Crippen LogP contribution in [0.2, 0.25) is 0 Å². The van der Waals surface area contributed by atoms with E-state index < -0.39 is 0 Å². The van der Waals surface area contributed by atoms with Gasteiger partial charge in [-0.3, -0.25) is 4.79 Å². The quantitative estimate of drug-likeness (QED) is 0.685. The molecule has 3 aromatic rings. The number of carbonyl (C=O) groups is 1. The van der Waals surface area contributed by atoms with E-state index in [2.05, 4.69) is 33.2 Å². The second-order valence-corrected chi connectivity index (χ2v) is 8.73. The minimum atomic E-state index is -0.0961. The number of aryl methyl sites for hydroxylation is 1. The lowest BCUT2D eigenvalue weighted by atomic mass is 9.96. The highest BCUT2D eigenvalue weighted by Crippen LogP contribution is 2.34. The van der Waals surface area contributed by atoms with Gasteiger partial charge in [0.2, 0.25) is 5.91 Å². The van der Waals surface area contributed by atoms with Crippen molar-refractivity contribution in [2.24, 2.45) is 5.92 Å². The number of aromatic nitrogens is 2. The Morgan fingerprint density at radius 1 is 1.23 bits per heavy atom. The van der Waals surface area contributed by atoms with Crippen molar-refractivity contribution in [2.45, 2.75) is 26.2 Å². The number of fused-ring (bicyclic) bond motifs is 2. The molecule has 4 heterocycles. The largest absolute Gasteiger partial charge is 0.486 e. The van der Waals surface area contributed by atoms with E-state index in [0.29, 0.717) is 25.5 Å². The maximum Gasteiger partial charge on any atom is 0.229 e. The van der Waals surface area contributed by atoms with Crippen molar-refractivity contribution in [3.63, 3.8) is 0 Å². The molecule has 5 rings (SSSR count). The van der Waals surface area contributed by atoms with Crippen molar-refractivity contribution in [1.82, 2.24) is 9.97 Å². The molecule has 2 aliphatic heterocycles. The minimum absolute atomic E-state index is 0.0289. The molecule has 1 N–H and O–H groups in total. The summed E-state index contributed by atoms with van der Waals surface area (Å²) < 4.78 is 11.2. The molecule has 0 aliphatic carbocycles. The van der Waals surface area contributed by atoms with Gasteiger partial charge in [-0.25, -0.2) is 9.97 Å². The molecule has 1 amide bonds. The maximum absolute atomic E-state index is 13.0. The molecule has 1 saturated heterocycles. The van der Waals surface area contributed by atoms with E-state index in [1.807, 2.05) is 18.2 Å². The maximum atomic E-state index is 13.0. The molecule has 0 saturated carbocycles. The van der Waals surface area contributed by atoms with E-state index in [1.54, 1.807) is 17.7 Å². The Bertz CT molecular complexity index is 1080. The second-order valence-electron chi connectivity index (χ2n) is 7.62. The highest BCUT2D eigenvalue weighted by Gasteiger charge is 2.28. The topological polar surface area (TPSA) is 76.6 Å². The van der Waals surface area contributed by atoms with Crippen LogP contribution in [-0.2, 0) is 11.2 Å². The molecule has 1 aromatic carbocycles. The van der Waals surface area contributed by atoms with E-state index in [9.17, 15) is 4.79 Å². The zero-order valence-corrected chi connectivity index (χ0v) is 17.7. The van der Waals surface area contributed by atoms with E-state index >= 15 is 0 Å². The number of rotatable bonds is 4. The zero-order chi connectivity index (χ0) is 20.5. The number of thiophene rings is 1. The third kappa shape index (κ3) is 3.67. The molecular formula is C22H24N4O3S. The molecular weight excluding hydrogens is 400 g/mol. The predicted molar refractivity (Wildman–Crippen MR) is 118 cm³/mol. The monoisotopic (exact) mass is 424 g/mol. The molecule has 1 fully saturated rings. The Hall–Kier alpha value is -2.87. The first-order valence-electron chi connectivity index (χ1n) is 10.4. The molecule has 0 bridgehead atoms. The van der Waals surface area contributed by atoms with Crippen LogP contribution in [0, 0.1) is 5.92 Å². The molecule has 8 heteroatoms. The van der Waals surface area contributed by atoms with Crippen molar-refractivity contribution in [2.75, 3.05) is 36.5 Å². The van der Waals surface area contributed by atoms with Crippen molar-refractivity contribution in [3.05, 3.63) is 35.5 Å². The van der Waals surface area contributed by atoms with Crippen molar-refractivity contribution in [1.29, 1.82) is 0 Å². The number of piperidine rings is 1. The van der Waals surface area contributed by atoms with Crippen LogP contribution in [0.1, 0.15) is 24.6 Å².